The van der Waals surface area contributed by atoms with Crippen molar-refractivity contribution >= 4 is 23.6 Å². The van der Waals surface area contributed by atoms with E-state index >= 15 is 0 Å². The van der Waals surface area contributed by atoms with Gasteiger partial charge in [-0.05, 0) is 24.6 Å². The quantitative estimate of drug-likeness (QED) is 0.885. The number of methoxy groups -OCH3 is 1. The summed E-state index contributed by atoms with van der Waals surface area (Å²) in [5, 5.41) is 9.06. The Bertz CT molecular complexity index is 548. The van der Waals surface area contributed by atoms with E-state index in [1.807, 2.05) is 19.1 Å². The molecule has 1 N–H and O–H groups in total. The summed E-state index contributed by atoms with van der Waals surface area (Å²) in [6.07, 6.45) is 0. The molecule has 0 saturated carbocycles. The molecule has 0 spiro atoms. The van der Waals surface area contributed by atoms with Crippen LogP contribution in [0.1, 0.15) is 5.56 Å². The maximum absolute atomic E-state index is 12.1. The van der Waals surface area contributed by atoms with Crippen LogP contribution < -0.4 is 9.47 Å². The van der Waals surface area contributed by atoms with Crippen molar-refractivity contribution in [3.8, 4) is 11.5 Å². The minimum atomic E-state index is -0.985. The van der Waals surface area contributed by atoms with Crippen molar-refractivity contribution < 1.29 is 24.2 Å². The highest BCUT2D eigenvalue weighted by atomic mass is 32.2. The second-order valence-electron chi connectivity index (χ2n) is 4.66. The van der Waals surface area contributed by atoms with Crippen LogP contribution in [0.5, 0.6) is 11.5 Å². The predicted molar refractivity (Wildman–Crippen MR) is 78.8 cm³/mol. The first kappa shape index (κ1) is 15.5. The van der Waals surface area contributed by atoms with E-state index < -0.39 is 12.0 Å². The third kappa shape index (κ3) is 3.60. The third-order valence-electron chi connectivity index (χ3n) is 3.16. The Kier molecular flexibility index (Phi) is 4.95. The Balaban J connectivity index is 1.99. The second-order valence-corrected chi connectivity index (χ2v) is 5.66. The minimum Gasteiger partial charge on any atom is -0.493 e. The number of carboxylic acid groups (broad SMARTS) is 1. The number of nitrogens with zero attached hydrogens (tertiary/aromatic N) is 1. The van der Waals surface area contributed by atoms with Crippen molar-refractivity contribution in [2.75, 3.05) is 25.3 Å². The smallest absolute Gasteiger partial charge is 0.327 e. The molecule has 6 nitrogen and oxygen atoms in total. The van der Waals surface area contributed by atoms with E-state index in [0.29, 0.717) is 23.1 Å². The van der Waals surface area contributed by atoms with E-state index in [1.165, 1.54) is 23.8 Å². The molecule has 1 aromatic carbocycles. The lowest BCUT2D eigenvalue weighted by Gasteiger charge is -2.20. The Morgan fingerprint density at radius 3 is 2.86 bits per heavy atom. The molecule has 0 unspecified atom stereocenters. The molecule has 7 heteroatoms. The maximum Gasteiger partial charge on any atom is 0.327 e. The lowest BCUT2D eigenvalue weighted by Crippen LogP contribution is -2.43. The topological polar surface area (TPSA) is 76.1 Å². The van der Waals surface area contributed by atoms with Crippen LogP contribution in [0.4, 0.5) is 0 Å². The van der Waals surface area contributed by atoms with Crippen molar-refractivity contribution in [1.29, 1.82) is 0 Å². The molecule has 2 rings (SSSR count). The molecule has 0 aliphatic carbocycles. The fourth-order valence-electron chi connectivity index (χ4n) is 2.01. The molecule has 0 radical (unpaired) electrons. The average molecular weight is 311 g/mol. The normalized spacial score (nSPS) is 17.6. The van der Waals surface area contributed by atoms with Gasteiger partial charge < -0.3 is 19.5 Å². The monoisotopic (exact) mass is 311 g/mol. The standard InChI is InChI=1S/C14H17NO5S/c1-9-3-4-11(12(5-9)19-2)20-6-13(16)15-8-21-7-10(15)14(17)18/h3-5,10H,6-8H2,1-2H3,(H,17,18)/t10-/m0/s1. The number of carbonyl (C=O) groups is 2. The number of benzene rings is 1. The summed E-state index contributed by atoms with van der Waals surface area (Å²) < 4.78 is 10.7. The molecule has 1 heterocycles. The van der Waals surface area contributed by atoms with Crippen LogP contribution in [0, 0.1) is 6.92 Å². The van der Waals surface area contributed by atoms with Gasteiger partial charge in [0.05, 0.1) is 13.0 Å². The second kappa shape index (κ2) is 6.71. The first-order valence-electron chi connectivity index (χ1n) is 6.40. The van der Waals surface area contributed by atoms with E-state index in [1.54, 1.807) is 6.07 Å². The molecule has 1 aliphatic rings. The number of carboxylic acids is 1. The number of thioether (sulfide) groups is 1. The fourth-order valence-corrected chi connectivity index (χ4v) is 3.18. The van der Waals surface area contributed by atoms with Gasteiger partial charge in [-0.15, -0.1) is 11.8 Å². The predicted octanol–water partition coefficient (Wildman–Crippen LogP) is 1.37. The molecule has 1 aromatic rings. The summed E-state index contributed by atoms with van der Waals surface area (Å²) in [5.74, 6) is 0.485. The number of hydrogen-bond acceptors (Lipinski definition) is 5. The van der Waals surface area contributed by atoms with Crippen molar-refractivity contribution in [3.05, 3.63) is 23.8 Å². The lowest BCUT2D eigenvalue weighted by atomic mass is 10.2. The molecule has 1 fully saturated rings. The van der Waals surface area contributed by atoms with E-state index in [2.05, 4.69) is 0 Å². The fraction of sp³-hybridized carbons (Fsp3) is 0.429. The van der Waals surface area contributed by atoms with Crippen molar-refractivity contribution in [2.24, 2.45) is 0 Å². The molecule has 1 amide bonds. The summed E-state index contributed by atoms with van der Waals surface area (Å²) in [6.45, 7) is 1.72. The molecule has 114 valence electrons. The van der Waals surface area contributed by atoms with Crippen molar-refractivity contribution in [1.82, 2.24) is 4.90 Å². The van der Waals surface area contributed by atoms with Crippen molar-refractivity contribution in [3.63, 3.8) is 0 Å². The molecular weight excluding hydrogens is 294 g/mol. The van der Waals surface area contributed by atoms with Crippen LogP contribution in [0.15, 0.2) is 18.2 Å². The molecule has 21 heavy (non-hydrogen) atoms. The first-order valence-corrected chi connectivity index (χ1v) is 7.56. The maximum atomic E-state index is 12.1. The van der Waals surface area contributed by atoms with Crippen LogP contribution in [0.3, 0.4) is 0 Å². The summed E-state index contributed by atoms with van der Waals surface area (Å²) in [6, 6.07) is 4.63. The van der Waals surface area contributed by atoms with E-state index in [4.69, 9.17) is 14.6 Å². The Morgan fingerprint density at radius 2 is 2.19 bits per heavy atom. The highest BCUT2D eigenvalue weighted by Crippen LogP contribution is 2.28. The van der Waals surface area contributed by atoms with E-state index in [0.717, 1.165) is 5.56 Å². The largest absolute Gasteiger partial charge is 0.493 e. The van der Waals surface area contributed by atoms with Crippen molar-refractivity contribution in [2.45, 2.75) is 13.0 Å². The zero-order chi connectivity index (χ0) is 15.4. The van der Waals surface area contributed by atoms with Gasteiger partial charge in [0, 0.05) is 5.75 Å². The van der Waals surface area contributed by atoms with E-state index in [9.17, 15) is 9.59 Å². The minimum absolute atomic E-state index is 0.205. The van der Waals surface area contributed by atoms with Gasteiger partial charge in [-0.1, -0.05) is 6.07 Å². The van der Waals surface area contributed by atoms with Crippen LogP contribution in [-0.4, -0.2) is 53.3 Å². The first-order chi connectivity index (χ1) is 10.0. The van der Waals surface area contributed by atoms with Gasteiger partial charge in [-0.2, -0.15) is 0 Å². The molecule has 0 aromatic heterocycles. The zero-order valence-electron chi connectivity index (χ0n) is 11.9. The molecule has 1 saturated heterocycles. The molecule has 1 atom stereocenters. The summed E-state index contributed by atoms with van der Waals surface area (Å²) >= 11 is 1.42. The number of carbonyl (C=O) groups excluding carboxylic acids is 1. The van der Waals surface area contributed by atoms with Gasteiger partial charge in [0.1, 0.15) is 6.04 Å². The van der Waals surface area contributed by atoms with Gasteiger partial charge >= 0.3 is 5.97 Å². The number of ether oxygens (including phenoxy) is 2. The molecular formula is C14H17NO5S. The van der Waals surface area contributed by atoms with Crippen LogP contribution in [-0.2, 0) is 9.59 Å². The van der Waals surface area contributed by atoms with E-state index in [-0.39, 0.29) is 12.5 Å². The zero-order valence-corrected chi connectivity index (χ0v) is 12.7. The SMILES string of the molecule is COc1cc(C)ccc1OCC(=O)N1CSC[C@H]1C(=O)O. The van der Waals surface area contributed by atoms with Gasteiger partial charge in [0.15, 0.2) is 18.1 Å². The van der Waals surface area contributed by atoms with Crippen LogP contribution >= 0.6 is 11.8 Å². The summed E-state index contributed by atoms with van der Waals surface area (Å²) in [4.78, 5) is 24.5. The number of aliphatic carboxylic acids is 1. The molecule has 0 bridgehead atoms. The van der Waals surface area contributed by atoms with Gasteiger partial charge in [0.25, 0.3) is 5.91 Å². The number of hydrogen-bond donors (Lipinski definition) is 1. The summed E-state index contributed by atoms with van der Waals surface area (Å²) in [5.41, 5.74) is 1.02. The van der Waals surface area contributed by atoms with Gasteiger partial charge in [-0.3, -0.25) is 4.79 Å². The van der Waals surface area contributed by atoms with Crippen LogP contribution in [0.25, 0.3) is 0 Å². The number of amides is 1. The number of rotatable bonds is 5. The van der Waals surface area contributed by atoms with Gasteiger partial charge in [-0.25, -0.2) is 4.79 Å². The number of aryl methyl sites for hydroxylation is 1. The third-order valence-corrected chi connectivity index (χ3v) is 4.17. The Hall–Kier alpha value is -1.89. The Labute approximate surface area is 127 Å². The average Bonchev–Trinajstić information content (AvgIpc) is 2.95. The van der Waals surface area contributed by atoms with Crippen LogP contribution in [0.2, 0.25) is 0 Å². The Morgan fingerprint density at radius 1 is 1.43 bits per heavy atom. The molecule has 1 aliphatic heterocycles. The highest BCUT2D eigenvalue weighted by molar-refractivity contribution is 7.99. The highest BCUT2D eigenvalue weighted by Gasteiger charge is 2.34. The lowest BCUT2D eigenvalue weighted by molar-refractivity contribution is -0.148. The summed E-state index contributed by atoms with van der Waals surface area (Å²) in [7, 11) is 1.53. The van der Waals surface area contributed by atoms with Gasteiger partial charge in [0.2, 0.25) is 0 Å².